The van der Waals surface area contributed by atoms with Gasteiger partial charge in [-0.1, -0.05) is 38.5 Å². The van der Waals surface area contributed by atoms with Crippen LogP contribution in [0.4, 0.5) is 0 Å². The SMILES string of the molecule is CCc1cc(C)cc(C)c1-c1c(OC(=O)C(C)C)n2n(c1=O)CCCC2. The molecule has 5 nitrogen and oxygen atoms in total. The highest BCUT2D eigenvalue weighted by Crippen LogP contribution is 2.35. The molecule has 0 atom stereocenters. The van der Waals surface area contributed by atoms with Gasteiger partial charge in [0.05, 0.1) is 5.92 Å². The average Bonchev–Trinajstić information content (AvgIpc) is 2.87. The van der Waals surface area contributed by atoms with Gasteiger partial charge in [0.2, 0.25) is 5.88 Å². The number of esters is 1. The van der Waals surface area contributed by atoms with Crippen molar-refractivity contribution in [2.45, 2.75) is 67.0 Å². The van der Waals surface area contributed by atoms with Gasteiger partial charge in [-0.15, -0.1) is 0 Å². The highest BCUT2D eigenvalue weighted by atomic mass is 16.5. The molecular formula is C21H28N2O3. The van der Waals surface area contributed by atoms with E-state index in [4.69, 9.17) is 4.74 Å². The average molecular weight is 356 g/mol. The lowest BCUT2D eigenvalue weighted by molar-refractivity contribution is -0.138. The fourth-order valence-electron chi connectivity index (χ4n) is 3.76. The maximum Gasteiger partial charge on any atom is 0.315 e. The maximum absolute atomic E-state index is 13.2. The second-order valence-electron chi connectivity index (χ2n) is 7.48. The molecule has 26 heavy (non-hydrogen) atoms. The molecule has 3 rings (SSSR count). The number of carbonyl (C=O) groups excluding carboxylic acids is 1. The minimum Gasteiger partial charge on any atom is -0.407 e. The van der Waals surface area contributed by atoms with Crippen LogP contribution in [-0.2, 0) is 24.3 Å². The van der Waals surface area contributed by atoms with Gasteiger partial charge in [-0.05, 0) is 49.8 Å². The number of ether oxygens (including phenoxy) is 1. The zero-order chi connectivity index (χ0) is 19.0. The van der Waals surface area contributed by atoms with Crippen LogP contribution in [0.1, 0.15) is 50.3 Å². The Bertz CT molecular complexity index is 903. The van der Waals surface area contributed by atoms with E-state index in [0.29, 0.717) is 24.5 Å². The molecule has 2 aromatic rings. The molecule has 0 amide bonds. The number of carbonyl (C=O) groups is 1. The third kappa shape index (κ3) is 3.11. The molecule has 0 saturated carbocycles. The Balaban J connectivity index is 2.30. The maximum atomic E-state index is 13.2. The standard InChI is InChI=1S/C21H28N2O3/c1-6-16-12-14(4)11-15(5)17(16)18-19(24)22-9-7-8-10-23(22)20(18)26-21(25)13(2)3/h11-13H,6-10H2,1-5H3. The molecule has 0 unspecified atom stereocenters. The molecule has 0 aliphatic carbocycles. The highest BCUT2D eigenvalue weighted by molar-refractivity contribution is 5.80. The van der Waals surface area contributed by atoms with E-state index in [9.17, 15) is 9.59 Å². The topological polar surface area (TPSA) is 53.2 Å². The summed E-state index contributed by atoms with van der Waals surface area (Å²) in [4.78, 5) is 25.6. The predicted octanol–water partition coefficient (Wildman–Crippen LogP) is 3.85. The molecule has 5 heteroatoms. The number of hydrogen-bond donors (Lipinski definition) is 0. The van der Waals surface area contributed by atoms with E-state index in [1.165, 1.54) is 5.56 Å². The number of fused-ring (bicyclic) bond motifs is 1. The van der Waals surface area contributed by atoms with Gasteiger partial charge in [0.1, 0.15) is 5.56 Å². The lowest BCUT2D eigenvalue weighted by atomic mass is 9.93. The van der Waals surface area contributed by atoms with Crippen LogP contribution >= 0.6 is 0 Å². The Morgan fingerprint density at radius 2 is 1.77 bits per heavy atom. The Hall–Kier alpha value is -2.30. The van der Waals surface area contributed by atoms with Crippen molar-refractivity contribution in [1.29, 1.82) is 0 Å². The smallest absolute Gasteiger partial charge is 0.315 e. The number of rotatable bonds is 4. The molecule has 0 N–H and O–H groups in total. The molecule has 140 valence electrons. The van der Waals surface area contributed by atoms with E-state index >= 15 is 0 Å². The lowest BCUT2D eigenvalue weighted by Crippen LogP contribution is -2.28. The first-order valence-corrected chi connectivity index (χ1v) is 9.50. The zero-order valence-electron chi connectivity index (χ0n) is 16.4. The third-order valence-electron chi connectivity index (χ3n) is 5.04. The number of benzene rings is 1. The first kappa shape index (κ1) is 18.5. The van der Waals surface area contributed by atoms with Crippen LogP contribution in [0.2, 0.25) is 0 Å². The second-order valence-corrected chi connectivity index (χ2v) is 7.48. The van der Waals surface area contributed by atoms with E-state index in [1.54, 1.807) is 4.68 Å². The normalized spacial score (nSPS) is 13.8. The van der Waals surface area contributed by atoms with Crippen LogP contribution in [0.3, 0.4) is 0 Å². The summed E-state index contributed by atoms with van der Waals surface area (Å²) in [6.45, 7) is 11.2. The lowest BCUT2D eigenvalue weighted by Gasteiger charge is -2.19. The summed E-state index contributed by atoms with van der Waals surface area (Å²) in [5.74, 6) is -0.141. The summed E-state index contributed by atoms with van der Waals surface area (Å²) in [7, 11) is 0. The fraction of sp³-hybridized carbons (Fsp3) is 0.524. The van der Waals surface area contributed by atoms with Crippen molar-refractivity contribution < 1.29 is 9.53 Å². The first-order chi connectivity index (χ1) is 12.3. The molecule has 0 spiro atoms. The largest absolute Gasteiger partial charge is 0.407 e. The van der Waals surface area contributed by atoms with Gasteiger partial charge in [-0.25, -0.2) is 4.68 Å². The minimum absolute atomic E-state index is 0.0575. The molecule has 0 fully saturated rings. The van der Waals surface area contributed by atoms with Crippen LogP contribution in [0.5, 0.6) is 5.88 Å². The summed E-state index contributed by atoms with van der Waals surface area (Å²) in [6.07, 6.45) is 2.77. The monoisotopic (exact) mass is 356 g/mol. The van der Waals surface area contributed by atoms with Crippen molar-refractivity contribution in [2.24, 2.45) is 5.92 Å². The van der Waals surface area contributed by atoms with Crippen molar-refractivity contribution in [3.63, 3.8) is 0 Å². The van der Waals surface area contributed by atoms with Gasteiger partial charge in [0, 0.05) is 13.1 Å². The van der Waals surface area contributed by atoms with Crippen LogP contribution < -0.4 is 10.3 Å². The predicted molar refractivity (Wildman–Crippen MR) is 103 cm³/mol. The van der Waals surface area contributed by atoms with Gasteiger partial charge in [-0.2, -0.15) is 0 Å². The Labute approximate surface area is 154 Å². The van der Waals surface area contributed by atoms with Crippen molar-refractivity contribution in [2.75, 3.05) is 0 Å². The molecule has 1 aromatic heterocycles. The third-order valence-corrected chi connectivity index (χ3v) is 5.04. The molecule has 1 aromatic carbocycles. The van der Waals surface area contributed by atoms with Gasteiger partial charge < -0.3 is 4.74 Å². The fourth-order valence-corrected chi connectivity index (χ4v) is 3.76. The van der Waals surface area contributed by atoms with Gasteiger partial charge in [-0.3, -0.25) is 14.3 Å². The molecule has 1 aliphatic rings. The highest BCUT2D eigenvalue weighted by Gasteiger charge is 2.29. The summed E-state index contributed by atoms with van der Waals surface area (Å²) >= 11 is 0. The van der Waals surface area contributed by atoms with E-state index in [-0.39, 0.29) is 17.4 Å². The van der Waals surface area contributed by atoms with E-state index < -0.39 is 0 Å². The van der Waals surface area contributed by atoms with Crippen molar-refractivity contribution >= 4 is 5.97 Å². The number of nitrogens with zero attached hydrogens (tertiary/aromatic N) is 2. The second kappa shape index (κ2) is 7.14. The van der Waals surface area contributed by atoms with Crippen LogP contribution in [0.15, 0.2) is 16.9 Å². The van der Waals surface area contributed by atoms with Crippen LogP contribution in [0.25, 0.3) is 11.1 Å². The van der Waals surface area contributed by atoms with Crippen molar-refractivity contribution in [3.8, 4) is 17.0 Å². The molecule has 1 aliphatic heterocycles. The van der Waals surface area contributed by atoms with Crippen LogP contribution in [0, 0.1) is 19.8 Å². The summed E-state index contributed by atoms with van der Waals surface area (Å²) < 4.78 is 9.37. The summed E-state index contributed by atoms with van der Waals surface area (Å²) in [5.41, 5.74) is 4.74. The quantitative estimate of drug-likeness (QED) is 0.782. The van der Waals surface area contributed by atoms with Gasteiger partial charge in [0.25, 0.3) is 5.56 Å². The summed E-state index contributed by atoms with van der Waals surface area (Å²) in [6, 6.07) is 4.21. The Kier molecular flexibility index (Phi) is 5.08. The van der Waals surface area contributed by atoms with E-state index in [2.05, 4.69) is 26.0 Å². The molecular weight excluding hydrogens is 328 g/mol. The van der Waals surface area contributed by atoms with Crippen molar-refractivity contribution in [1.82, 2.24) is 9.36 Å². The number of aryl methyl sites for hydroxylation is 3. The molecule has 0 bridgehead atoms. The minimum atomic E-state index is -0.305. The van der Waals surface area contributed by atoms with Gasteiger partial charge >= 0.3 is 5.97 Å². The van der Waals surface area contributed by atoms with E-state index in [1.807, 2.05) is 25.5 Å². The first-order valence-electron chi connectivity index (χ1n) is 9.50. The van der Waals surface area contributed by atoms with E-state index in [0.717, 1.165) is 36.0 Å². The molecule has 0 saturated heterocycles. The van der Waals surface area contributed by atoms with Crippen LogP contribution in [-0.4, -0.2) is 15.3 Å². The Morgan fingerprint density at radius 1 is 1.12 bits per heavy atom. The van der Waals surface area contributed by atoms with Gasteiger partial charge in [0.15, 0.2) is 0 Å². The Morgan fingerprint density at radius 3 is 2.38 bits per heavy atom. The number of hydrogen-bond acceptors (Lipinski definition) is 3. The zero-order valence-corrected chi connectivity index (χ0v) is 16.4. The molecule has 0 radical (unpaired) electrons. The number of aromatic nitrogens is 2. The van der Waals surface area contributed by atoms with Crippen molar-refractivity contribution in [3.05, 3.63) is 39.2 Å². The molecule has 2 heterocycles. The summed E-state index contributed by atoms with van der Waals surface area (Å²) in [5, 5.41) is 0.